The summed E-state index contributed by atoms with van der Waals surface area (Å²) < 4.78 is 23.3. The molecule has 86 valence electrons. The molecule has 0 amide bonds. The van der Waals surface area contributed by atoms with E-state index in [1.54, 1.807) is 0 Å². The summed E-state index contributed by atoms with van der Waals surface area (Å²) in [5.41, 5.74) is 0.964. The van der Waals surface area contributed by atoms with Gasteiger partial charge in [0.1, 0.15) is 0 Å². The summed E-state index contributed by atoms with van der Waals surface area (Å²) in [5, 5.41) is 0.515. The van der Waals surface area contributed by atoms with Gasteiger partial charge in [0, 0.05) is 12.6 Å². The normalized spacial score (nSPS) is 30.9. The van der Waals surface area contributed by atoms with Crippen molar-refractivity contribution in [2.24, 2.45) is 0 Å². The minimum Gasteiger partial charge on any atom is -0.365 e. The predicted molar refractivity (Wildman–Crippen MR) is 64.8 cm³/mol. The van der Waals surface area contributed by atoms with E-state index >= 15 is 0 Å². The SMILES string of the molecule is O=S1(=O)CC2CC1CN2c1ccccc1Cl. The number of halogens is 1. The van der Waals surface area contributed by atoms with Gasteiger partial charge in [0.25, 0.3) is 0 Å². The Bertz CT molecular complexity index is 529. The summed E-state index contributed by atoms with van der Waals surface area (Å²) in [4.78, 5) is 2.13. The average molecular weight is 258 g/mol. The molecule has 2 atom stereocenters. The van der Waals surface area contributed by atoms with Crippen LogP contribution in [0.4, 0.5) is 5.69 Å². The third-order valence-corrected chi connectivity index (χ3v) is 6.00. The molecule has 0 spiro atoms. The standard InChI is InChI=1S/C11H12ClNO2S/c12-10-3-1-2-4-11(10)13-6-9-5-8(13)7-16(9,14)15/h1-4,8-9H,5-7H2. The molecule has 5 heteroatoms. The monoisotopic (exact) mass is 257 g/mol. The van der Waals surface area contributed by atoms with Gasteiger partial charge in [-0.3, -0.25) is 0 Å². The minimum absolute atomic E-state index is 0.120. The molecular weight excluding hydrogens is 246 g/mol. The number of hydrogen-bond donors (Lipinski definition) is 0. The molecule has 0 aromatic heterocycles. The smallest absolute Gasteiger partial charge is 0.156 e. The number of anilines is 1. The Hall–Kier alpha value is -0.740. The van der Waals surface area contributed by atoms with E-state index in [4.69, 9.17) is 11.6 Å². The van der Waals surface area contributed by atoms with Crippen molar-refractivity contribution in [3.8, 4) is 0 Å². The van der Waals surface area contributed by atoms with Crippen LogP contribution in [0.3, 0.4) is 0 Å². The number of para-hydroxylation sites is 1. The first kappa shape index (κ1) is 10.4. The van der Waals surface area contributed by atoms with Crippen LogP contribution in [0.25, 0.3) is 0 Å². The lowest BCUT2D eigenvalue weighted by Crippen LogP contribution is -2.40. The molecule has 0 saturated carbocycles. The lowest BCUT2D eigenvalue weighted by Gasteiger charge is -2.29. The number of fused-ring (bicyclic) bond motifs is 2. The molecule has 0 aliphatic carbocycles. The highest BCUT2D eigenvalue weighted by molar-refractivity contribution is 7.92. The second-order valence-electron chi connectivity index (χ2n) is 4.44. The zero-order valence-corrected chi connectivity index (χ0v) is 10.2. The maximum atomic E-state index is 11.6. The van der Waals surface area contributed by atoms with Crippen LogP contribution in [0.2, 0.25) is 5.02 Å². The Morgan fingerprint density at radius 3 is 2.62 bits per heavy atom. The van der Waals surface area contributed by atoms with E-state index < -0.39 is 9.84 Å². The van der Waals surface area contributed by atoms with E-state index in [-0.39, 0.29) is 17.0 Å². The number of hydrogen-bond acceptors (Lipinski definition) is 3. The van der Waals surface area contributed by atoms with Crippen molar-refractivity contribution in [3.05, 3.63) is 29.3 Å². The van der Waals surface area contributed by atoms with E-state index in [9.17, 15) is 8.42 Å². The molecule has 1 aromatic carbocycles. The fraction of sp³-hybridized carbons (Fsp3) is 0.455. The van der Waals surface area contributed by atoms with Crippen molar-refractivity contribution in [2.75, 3.05) is 17.2 Å². The van der Waals surface area contributed by atoms with Gasteiger partial charge in [-0.15, -0.1) is 0 Å². The number of nitrogens with zero attached hydrogens (tertiary/aromatic N) is 1. The summed E-state index contributed by atoms with van der Waals surface area (Å²) in [6.07, 6.45) is 0.757. The zero-order valence-electron chi connectivity index (χ0n) is 8.64. The molecule has 2 heterocycles. The number of sulfone groups is 1. The first-order valence-electron chi connectivity index (χ1n) is 5.31. The number of benzene rings is 1. The van der Waals surface area contributed by atoms with Gasteiger partial charge in [0.05, 0.1) is 21.7 Å². The van der Waals surface area contributed by atoms with Crippen molar-refractivity contribution in [1.82, 2.24) is 0 Å². The summed E-state index contributed by atoms with van der Waals surface area (Å²) in [6.45, 7) is 0.594. The van der Waals surface area contributed by atoms with Crippen LogP contribution in [0.1, 0.15) is 6.42 Å². The van der Waals surface area contributed by atoms with Crippen molar-refractivity contribution in [2.45, 2.75) is 17.7 Å². The third kappa shape index (κ3) is 1.44. The summed E-state index contributed by atoms with van der Waals surface area (Å²) in [6, 6.07) is 7.74. The van der Waals surface area contributed by atoms with Crippen LogP contribution in [0.5, 0.6) is 0 Å². The summed E-state index contributed by atoms with van der Waals surface area (Å²) >= 11 is 6.12. The maximum Gasteiger partial charge on any atom is 0.156 e. The molecule has 3 rings (SSSR count). The van der Waals surface area contributed by atoms with Crippen LogP contribution in [0, 0.1) is 0 Å². The quantitative estimate of drug-likeness (QED) is 0.769. The molecule has 0 N–H and O–H groups in total. The van der Waals surface area contributed by atoms with Gasteiger partial charge in [0.15, 0.2) is 9.84 Å². The highest BCUT2D eigenvalue weighted by Gasteiger charge is 2.48. The second kappa shape index (κ2) is 3.37. The van der Waals surface area contributed by atoms with E-state index in [0.717, 1.165) is 12.1 Å². The maximum absolute atomic E-state index is 11.6. The van der Waals surface area contributed by atoms with E-state index in [0.29, 0.717) is 11.6 Å². The molecule has 2 fully saturated rings. The van der Waals surface area contributed by atoms with Gasteiger partial charge < -0.3 is 4.90 Å². The van der Waals surface area contributed by atoms with E-state index in [2.05, 4.69) is 4.90 Å². The van der Waals surface area contributed by atoms with Crippen LogP contribution < -0.4 is 4.90 Å². The van der Waals surface area contributed by atoms with Crippen molar-refractivity contribution in [3.63, 3.8) is 0 Å². The molecule has 1 aromatic rings. The lowest BCUT2D eigenvalue weighted by molar-refractivity contribution is 0.585. The van der Waals surface area contributed by atoms with Crippen LogP contribution in [-0.4, -0.2) is 32.0 Å². The Morgan fingerprint density at radius 2 is 2.06 bits per heavy atom. The Balaban J connectivity index is 1.94. The molecule has 2 unspecified atom stereocenters. The Labute approximate surface area is 99.9 Å². The molecule has 2 aliphatic rings. The van der Waals surface area contributed by atoms with Gasteiger partial charge >= 0.3 is 0 Å². The van der Waals surface area contributed by atoms with Crippen molar-refractivity contribution in [1.29, 1.82) is 0 Å². The van der Waals surface area contributed by atoms with Crippen LogP contribution in [-0.2, 0) is 9.84 Å². The second-order valence-corrected chi connectivity index (χ2v) is 7.18. The molecule has 2 bridgehead atoms. The lowest BCUT2D eigenvalue weighted by atomic mass is 10.2. The highest BCUT2D eigenvalue weighted by atomic mass is 35.5. The average Bonchev–Trinajstić information content (AvgIpc) is 2.73. The van der Waals surface area contributed by atoms with E-state index in [1.807, 2.05) is 24.3 Å². The van der Waals surface area contributed by atoms with Gasteiger partial charge in [-0.05, 0) is 18.6 Å². The fourth-order valence-corrected chi connectivity index (χ4v) is 4.95. The van der Waals surface area contributed by atoms with Crippen LogP contribution in [0.15, 0.2) is 24.3 Å². The summed E-state index contributed by atoms with van der Waals surface area (Å²) in [7, 11) is -2.83. The largest absolute Gasteiger partial charge is 0.365 e. The molecule has 2 aliphatic heterocycles. The minimum atomic E-state index is -2.83. The zero-order chi connectivity index (χ0) is 11.3. The fourth-order valence-electron chi connectivity index (χ4n) is 2.68. The van der Waals surface area contributed by atoms with Gasteiger partial charge in [-0.25, -0.2) is 8.42 Å². The first-order valence-corrected chi connectivity index (χ1v) is 7.40. The third-order valence-electron chi connectivity index (χ3n) is 3.47. The Kier molecular flexibility index (Phi) is 2.20. The molecule has 2 saturated heterocycles. The topological polar surface area (TPSA) is 37.4 Å². The summed E-state index contributed by atoms with van der Waals surface area (Å²) in [5.74, 6) is 0.281. The Morgan fingerprint density at radius 1 is 1.31 bits per heavy atom. The van der Waals surface area contributed by atoms with Crippen LogP contribution >= 0.6 is 11.6 Å². The van der Waals surface area contributed by atoms with Crippen molar-refractivity contribution < 1.29 is 8.42 Å². The van der Waals surface area contributed by atoms with Gasteiger partial charge in [-0.1, -0.05) is 23.7 Å². The highest BCUT2D eigenvalue weighted by Crippen LogP contribution is 2.38. The molecule has 16 heavy (non-hydrogen) atoms. The van der Waals surface area contributed by atoms with Crippen molar-refractivity contribution >= 4 is 27.1 Å². The van der Waals surface area contributed by atoms with E-state index in [1.165, 1.54) is 0 Å². The number of rotatable bonds is 1. The molecule has 0 radical (unpaired) electrons. The molecular formula is C11H12ClNO2S. The van der Waals surface area contributed by atoms with Gasteiger partial charge in [0.2, 0.25) is 0 Å². The molecule has 3 nitrogen and oxygen atoms in total. The van der Waals surface area contributed by atoms with Gasteiger partial charge in [-0.2, -0.15) is 0 Å². The first-order chi connectivity index (χ1) is 7.58. The predicted octanol–water partition coefficient (Wildman–Crippen LogP) is 1.72.